The highest BCUT2D eigenvalue weighted by Gasteiger charge is 2.25. The molecule has 20 heavy (non-hydrogen) atoms. The molecule has 1 heterocycles. The smallest absolute Gasteiger partial charge is 0.337 e. The lowest BCUT2D eigenvalue weighted by molar-refractivity contribution is 0.0537. The Morgan fingerprint density at radius 3 is 2.95 bits per heavy atom. The van der Waals surface area contributed by atoms with Crippen LogP contribution in [0.15, 0.2) is 30.5 Å². The average molecular weight is 273 g/mol. The Balaban J connectivity index is 2.05. The summed E-state index contributed by atoms with van der Waals surface area (Å²) in [7, 11) is 1.75. The van der Waals surface area contributed by atoms with E-state index < -0.39 is 5.97 Å². The molecule has 2 unspecified atom stereocenters. The molecule has 0 spiro atoms. The number of para-hydroxylation sites is 1. The molecular weight excluding hydrogens is 254 g/mol. The van der Waals surface area contributed by atoms with Gasteiger partial charge in [-0.25, -0.2) is 4.79 Å². The van der Waals surface area contributed by atoms with Crippen molar-refractivity contribution in [3.8, 4) is 0 Å². The average Bonchev–Trinajstić information content (AvgIpc) is 2.91. The third kappa shape index (κ3) is 2.20. The molecule has 0 amide bonds. The van der Waals surface area contributed by atoms with Gasteiger partial charge < -0.3 is 14.4 Å². The summed E-state index contributed by atoms with van der Waals surface area (Å²) in [6, 6.07) is 7.77. The summed E-state index contributed by atoms with van der Waals surface area (Å²) < 4.78 is 7.61. The Labute approximate surface area is 118 Å². The third-order valence-electron chi connectivity index (χ3n) is 4.30. The van der Waals surface area contributed by atoms with Crippen LogP contribution in [0.2, 0.25) is 0 Å². The minimum atomic E-state index is -0.866. The molecule has 1 saturated carbocycles. The predicted octanol–water partition coefficient (Wildman–Crippen LogP) is 3.47. The van der Waals surface area contributed by atoms with Gasteiger partial charge in [-0.2, -0.15) is 0 Å². The zero-order chi connectivity index (χ0) is 14.1. The molecule has 2 atom stereocenters. The lowest BCUT2D eigenvalue weighted by Gasteiger charge is -2.30. The number of nitrogens with zero attached hydrogens (tertiary/aromatic N) is 1. The molecule has 106 valence electrons. The minimum Gasteiger partial charge on any atom is -0.478 e. The number of fused-ring (bicyclic) bond motifs is 1. The number of rotatable bonds is 3. The summed E-state index contributed by atoms with van der Waals surface area (Å²) in [6.07, 6.45) is 6.55. The van der Waals surface area contributed by atoms with E-state index >= 15 is 0 Å². The van der Waals surface area contributed by atoms with Gasteiger partial charge in [0.15, 0.2) is 0 Å². The van der Waals surface area contributed by atoms with E-state index in [1.54, 1.807) is 19.2 Å². The third-order valence-corrected chi connectivity index (χ3v) is 4.30. The standard InChI is InChI=1S/C16H19NO3/c1-20-13-6-3-5-12(10-13)17-9-8-11-4-2-7-14(15(11)17)16(18)19/h2,4,7-9,12-13H,3,5-6,10H2,1H3,(H,18,19). The van der Waals surface area contributed by atoms with Crippen molar-refractivity contribution in [1.82, 2.24) is 4.57 Å². The van der Waals surface area contributed by atoms with Gasteiger partial charge in [0.2, 0.25) is 0 Å². The summed E-state index contributed by atoms with van der Waals surface area (Å²) in [4.78, 5) is 11.4. The van der Waals surface area contributed by atoms with Crippen LogP contribution in [0.1, 0.15) is 42.1 Å². The number of ether oxygens (including phenoxy) is 1. The summed E-state index contributed by atoms with van der Waals surface area (Å²) in [5, 5.41) is 10.4. The molecule has 1 N–H and O–H groups in total. The normalized spacial score (nSPS) is 23.1. The van der Waals surface area contributed by atoms with E-state index in [-0.39, 0.29) is 6.10 Å². The number of carboxylic acid groups (broad SMARTS) is 1. The van der Waals surface area contributed by atoms with Crippen molar-refractivity contribution in [3.05, 3.63) is 36.0 Å². The van der Waals surface area contributed by atoms with Crippen molar-refractivity contribution >= 4 is 16.9 Å². The number of carbonyl (C=O) groups is 1. The second-order valence-electron chi connectivity index (χ2n) is 5.45. The monoisotopic (exact) mass is 273 g/mol. The van der Waals surface area contributed by atoms with Gasteiger partial charge in [-0.05, 0) is 37.8 Å². The summed E-state index contributed by atoms with van der Waals surface area (Å²) >= 11 is 0. The van der Waals surface area contributed by atoms with Crippen LogP contribution in [0, 0.1) is 0 Å². The number of hydrogen-bond acceptors (Lipinski definition) is 2. The van der Waals surface area contributed by atoms with Crippen molar-refractivity contribution in [1.29, 1.82) is 0 Å². The molecule has 4 heteroatoms. The van der Waals surface area contributed by atoms with Gasteiger partial charge >= 0.3 is 5.97 Å². The maximum absolute atomic E-state index is 11.4. The largest absolute Gasteiger partial charge is 0.478 e. The van der Waals surface area contributed by atoms with Crippen LogP contribution in [-0.4, -0.2) is 28.9 Å². The van der Waals surface area contributed by atoms with Gasteiger partial charge in [-0.3, -0.25) is 0 Å². The van der Waals surface area contributed by atoms with Gasteiger partial charge in [0.25, 0.3) is 0 Å². The first-order chi connectivity index (χ1) is 9.70. The molecule has 1 aliphatic carbocycles. The lowest BCUT2D eigenvalue weighted by atomic mass is 9.92. The maximum atomic E-state index is 11.4. The van der Waals surface area contributed by atoms with Gasteiger partial charge in [0.05, 0.1) is 17.2 Å². The Morgan fingerprint density at radius 1 is 1.35 bits per heavy atom. The second kappa shape index (κ2) is 5.29. The van der Waals surface area contributed by atoms with E-state index in [9.17, 15) is 9.90 Å². The lowest BCUT2D eigenvalue weighted by Crippen LogP contribution is -2.24. The molecule has 3 rings (SSSR count). The first kappa shape index (κ1) is 13.2. The second-order valence-corrected chi connectivity index (χ2v) is 5.45. The van der Waals surface area contributed by atoms with Gasteiger partial charge in [0, 0.05) is 24.7 Å². The highest BCUT2D eigenvalue weighted by molar-refractivity contribution is 6.02. The molecule has 0 radical (unpaired) electrons. The first-order valence-corrected chi connectivity index (χ1v) is 7.06. The maximum Gasteiger partial charge on any atom is 0.337 e. The predicted molar refractivity (Wildman–Crippen MR) is 77.2 cm³/mol. The number of aromatic nitrogens is 1. The molecule has 0 aliphatic heterocycles. The summed E-state index contributed by atoms with van der Waals surface area (Å²) in [5.41, 5.74) is 1.22. The van der Waals surface area contributed by atoms with Gasteiger partial charge in [-0.15, -0.1) is 0 Å². The summed E-state index contributed by atoms with van der Waals surface area (Å²) in [5.74, 6) is -0.866. The van der Waals surface area contributed by atoms with Crippen LogP contribution >= 0.6 is 0 Å². The van der Waals surface area contributed by atoms with E-state index in [1.807, 2.05) is 18.3 Å². The number of aromatic carboxylic acids is 1. The quantitative estimate of drug-likeness (QED) is 0.931. The van der Waals surface area contributed by atoms with Crippen molar-refractivity contribution < 1.29 is 14.6 Å². The van der Waals surface area contributed by atoms with Crippen molar-refractivity contribution in [3.63, 3.8) is 0 Å². The zero-order valence-electron chi connectivity index (χ0n) is 11.6. The van der Waals surface area contributed by atoms with Gasteiger partial charge in [0.1, 0.15) is 0 Å². The zero-order valence-corrected chi connectivity index (χ0v) is 11.6. The van der Waals surface area contributed by atoms with Crippen LogP contribution in [0.5, 0.6) is 0 Å². The topological polar surface area (TPSA) is 51.5 Å². The molecule has 0 saturated heterocycles. The highest BCUT2D eigenvalue weighted by Crippen LogP contribution is 2.34. The fourth-order valence-electron chi connectivity index (χ4n) is 3.28. The van der Waals surface area contributed by atoms with Crippen LogP contribution in [0.3, 0.4) is 0 Å². The molecule has 0 bridgehead atoms. The molecular formula is C16H19NO3. The van der Waals surface area contributed by atoms with E-state index in [0.717, 1.165) is 36.6 Å². The van der Waals surface area contributed by atoms with Crippen LogP contribution in [0.4, 0.5) is 0 Å². The van der Waals surface area contributed by atoms with Crippen molar-refractivity contribution in [2.45, 2.75) is 37.8 Å². The van der Waals surface area contributed by atoms with Gasteiger partial charge in [-0.1, -0.05) is 12.1 Å². The Hall–Kier alpha value is -1.81. The van der Waals surface area contributed by atoms with Crippen molar-refractivity contribution in [2.75, 3.05) is 7.11 Å². The molecule has 4 nitrogen and oxygen atoms in total. The minimum absolute atomic E-state index is 0.281. The Bertz CT molecular complexity index is 632. The molecule has 1 fully saturated rings. The van der Waals surface area contributed by atoms with E-state index in [4.69, 9.17) is 4.74 Å². The number of benzene rings is 1. The number of hydrogen-bond donors (Lipinski definition) is 1. The number of methoxy groups -OCH3 is 1. The van der Waals surface area contributed by atoms with Crippen LogP contribution in [0.25, 0.3) is 10.9 Å². The van der Waals surface area contributed by atoms with E-state index in [2.05, 4.69) is 4.57 Å². The Morgan fingerprint density at radius 2 is 2.20 bits per heavy atom. The molecule has 1 aromatic heterocycles. The SMILES string of the molecule is COC1CCCC(n2ccc3cccc(C(=O)O)c32)C1. The van der Waals surface area contributed by atoms with E-state index in [1.165, 1.54) is 0 Å². The Kier molecular flexibility index (Phi) is 3.49. The van der Waals surface area contributed by atoms with E-state index in [0.29, 0.717) is 11.6 Å². The molecule has 1 aliphatic rings. The molecule has 2 aromatic rings. The summed E-state index contributed by atoms with van der Waals surface area (Å²) in [6.45, 7) is 0. The van der Waals surface area contributed by atoms with Crippen LogP contribution < -0.4 is 0 Å². The van der Waals surface area contributed by atoms with Crippen LogP contribution in [-0.2, 0) is 4.74 Å². The van der Waals surface area contributed by atoms with Crippen molar-refractivity contribution in [2.24, 2.45) is 0 Å². The highest BCUT2D eigenvalue weighted by atomic mass is 16.5. The molecule has 1 aromatic carbocycles. The fourth-order valence-corrected chi connectivity index (χ4v) is 3.28. The first-order valence-electron chi connectivity index (χ1n) is 7.06. The number of carboxylic acids is 1. The fraction of sp³-hybridized carbons (Fsp3) is 0.438.